The Hall–Kier alpha value is -1.53. The van der Waals surface area contributed by atoms with Crippen molar-refractivity contribution in [3.63, 3.8) is 0 Å². The van der Waals surface area contributed by atoms with Gasteiger partial charge in [0.05, 0.1) is 43.0 Å². The van der Waals surface area contributed by atoms with Crippen molar-refractivity contribution in [2.45, 2.75) is 32.4 Å². The van der Waals surface area contributed by atoms with Gasteiger partial charge < -0.3 is 10.1 Å². The fourth-order valence-electron chi connectivity index (χ4n) is 2.52. The molecule has 20 heavy (non-hydrogen) atoms. The van der Waals surface area contributed by atoms with E-state index in [0.717, 1.165) is 37.5 Å². The molecule has 6 nitrogen and oxygen atoms in total. The van der Waals surface area contributed by atoms with E-state index >= 15 is 0 Å². The van der Waals surface area contributed by atoms with E-state index < -0.39 is 0 Å². The van der Waals surface area contributed by atoms with E-state index in [9.17, 15) is 4.79 Å². The highest BCUT2D eigenvalue weighted by molar-refractivity contribution is 5.72. The average Bonchev–Trinajstić information content (AvgIpc) is 2.91. The Bertz CT molecular complexity index is 453. The van der Waals surface area contributed by atoms with Gasteiger partial charge in [0.2, 0.25) is 5.91 Å². The van der Waals surface area contributed by atoms with Crippen LogP contribution in [-0.4, -0.2) is 47.6 Å². The number of hydrogen-bond donors (Lipinski definition) is 1. The van der Waals surface area contributed by atoms with Crippen LogP contribution in [0.3, 0.4) is 0 Å². The summed E-state index contributed by atoms with van der Waals surface area (Å²) in [7, 11) is 1.72. The van der Waals surface area contributed by atoms with Crippen LogP contribution in [0, 0.1) is 0 Å². The molecule has 2 rings (SSSR count). The van der Waals surface area contributed by atoms with Crippen molar-refractivity contribution in [2.75, 3.05) is 26.8 Å². The number of methoxy groups -OCH3 is 1. The summed E-state index contributed by atoms with van der Waals surface area (Å²) in [6, 6.07) is 0.315. The predicted molar refractivity (Wildman–Crippen MR) is 75.0 cm³/mol. The Labute approximate surface area is 119 Å². The second-order valence-electron chi connectivity index (χ2n) is 5.03. The van der Waals surface area contributed by atoms with E-state index in [4.69, 9.17) is 4.74 Å². The van der Waals surface area contributed by atoms with Crippen LogP contribution in [0.25, 0.3) is 0 Å². The van der Waals surface area contributed by atoms with Gasteiger partial charge in [-0.15, -0.1) is 0 Å². The van der Waals surface area contributed by atoms with Gasteiger partial charge >= 0.3 is 0 Å². The minimum atomic E-state index is -0.0557. The molecule has 0 saturated carbocycles. The number of aromatic nitrogens is 2. The lowest BCUT2D eigenvalue weighted by atomic mass is 10.1. The van der Waals surface area contributed by atoms with Gasteiger partial charge in [0, 0.05) is 20.6 Å². The maximum absolute atomic E-state index is 10.9. The molecule has 1 amide bonds. The molecule has 0 bridgehead atoms. The van der Waals surface area contributed by atoms with Crippen molar-refractivity contribution in [2.24, 2.45) is 0 Å². The number of amides is 1. The molecule has 1 unspecified atom stereocenters. The minimum Gasteiger partial charge on any atom is -0.383 e. The molecular weight excluding hydrogens is 256 g/mol. The lowest BCUT2D eigenvalue weighted by Crippen LogP contribution is -2.28. The molecule has 1 N–H and O–H groups in total. The van der Waals surface area contributed by atoms with E-state index in [1.165, 1.54) is 13.3 Å². The number of nitrogens with zero attached hydrogens (tertiary/aromatic N) is 3. The number of carbonyl (C=O) groups excluding carboxylic acids is 1. The smallest absolute Gasteiger partial charge is 0.217 e. The van der Waals surface area contributed by atoms with Gasteiger partial charge in [0.25, 0.3) is 0 Å². The molecule has 0 radical (unpaired) electrons. The summed E-state index contributed by atoms with van der Waals surface area (Å²) in [5.74, 6) is -0.0557. The number of hydrogen-bond acceptors (Lipinski definition) is 5. The standard InChI is InChI=1S/C14H22N4O2/c1-11(19)16-9-12-8-15-10-13(17-12)14-4-3-5-18(14)6-7-20-2/h8,10,14H,3-7,9H2,1-2H3,(H,16,19). The topological polar surface area (TPSA) is 67.3 Å². The number of likely N-dealkylation sites (tertiary alicyclic amines) is 1. The summed E-state index contributed by atoms with van der Waals surface area (Å²) in [5.41, 5.74) is 1.79. The van der Waals surface area contributed by atoms with Crippen molar-refractivity contribution < 1.29 is 9.53 Å². The van der Waals surface area contributed by atoms with Crippen LogP contribution in [0.15, 0.2) is 12.4 Å². The first-order valence-corrected chi connectivity index (χ1v) is 6.99. The minimum absolute atomic E-state index is 0.0557. The monoisotopic (exact) mass is 278 g/mol. The molecule has 0 aromatic carbocycles. The Morgan fingerprint density at radius 3 is 3.15 bits per heavy atom. The molecule has 1 aromatic rings. The van der Waals surface area contributed by atoms with Crippen LogP contribution in [0.5, 0.6) is 0 Å². The van der Waals surface area contributed by atoms with E-state index in [-0.39, 0.29) is 5.91 Å². The van der Waals surface area contributed by atoms with Gasteiger partial charge in [-0.25, -0.2) is 0 Å². The van der Waals surface area contributed by atoms with Crippen LogP contribution in [-0.2, 0) is 16.1 Å². The zero-order chi connectivity index (χ0) is 14.4. The summed E-state index contributed by atoms with van der Waals surface area (Å²) in [4.78, 5) is 22.2. The van der Waals surface area contributed by atoms with Crippen LogP contribution < -0.4 is 5.32 Å². The highest BCUT2D eigenvalue weighted by Crippen LogP contribution is 2.29. The first-order chi connectivity index (χ1) is 9.70. The molecule has 1 fully saturated rings. The van der Waals surface area contributed by atoms with Crippen molar-refractivity contribution in [3.05, 3.63) is 23.8 Å². The summed E-state index contributed by atoms with van der Waals surface area (Å²) in [6.45, 7) is 4.65. The zero-order valence-electron chi connectivity index (χ0n) is 12.1. The van der Waals surface area contributed by atoms with Crippen LogP contribution in [0.1, 0.15) is 37.2 Å². The highest BCUT2D eigenvalue weighted by Gasteiger charge is 2.26. The molecule has 0 spiro atoms. The summed E-state index contributed by atoms with van der Waals surface area (Å²) in [5, 5.41) is 2.75. The molecule has 110 valence electrons. The third kappa shape index (κ3) is 3.98. The van der Waals surface area contributed by atoms with Gasteiger partial charge in [0.1, 0.15) is 0 Å². The highest BCUT2D eigenvalue weighted by atomic mass is 16.5. The second-order valence-corrected chi connectivity index (χ2v) is 5.03. The van der Waals surface area contributed by atoms with E-state index in [0.29, 0.717) is 12.6 Å². The molecular formula is C14H22N4O2. The predicted octanol–water partition coefficient (Wildman–Crippen LogP) is 0.896. The molecule has 1 saturated heterocycles. The Balaban J connectivity index is 2.03. The van der Waals surface area contributed by atoms with Gasteiger partial charge in [0.15, 0.2) is 0 Å². The number of nitrogens with one attached hydrogen (secondary N) is 1. The molecule has 2 heterocycles. The molecule has 1 aromatic heterocycles. The van der Waals surface area contributed by atoms with E-state index in [1.807, 2.05) is 6.20 Å². The van der Waals surface area contributed by atoms with Crippen molar-refractivity contribution in [3.8, 4) is 0 Å². The first kappa shape index (κ1) is 14.9. The first-order valence-electron chi connectivity index (χ1n) is 6.99. The Morgan fingerprint density at radius 1 is 1.55 bits per heavy atom. The van der Waals surface area contributed by atoms with E-state index in [2.05, 4.69) is 20.2 Å². The summed E-state index contributed by atoms with van der Waals surface area (Å²) >= 11 is 0. The van der Waals surface area contributed by atoms with Crippen LogP contribution >= 0.6 is 0 Å². The fraction of sp³-hybridized carbons (Fsp3) is 0.643. The third-order valence-electron chi connectivity index (χ3n) is 3.51. The van der Waals surface area contributed by atoms with Gasteiger partial charge in [-0.2, -0.15) is 0 Å². The quantitative estimate of drug-likeness (QED) is 0.837. The van der Waals surface area contributed by atoms with Crippen molar-refractivity contribution >= 4 is 5.91 Å². The van der Waals surface area contributed by atoms with Crippen LogP contribution in [0.4, 0.5) is 0 Å². The van der Waals surface area contributed by atoms with Crippen molar-refractivity contribution in [1.29, 1.82) is 0 Å². The van der Waals surface area contributed by atoms with Gasteiger partial charge in [-0.05, 0) is 19.4 Å². The molecule has 1 aliphatic heterocycles. The van der Waals surface area contributed by atoms with Crippen LogP contribution in [0.2, 0.25) is 0 Å². The maximum atomic E-state index is 10.9. The summed E-state index contributed by atoms with van der Waals surface area (Å²) in [6.07, 6.45) is 5.80. The maximum Gasteiger partial charge on any atom is 0.217 e. The Kier molecular flexibility index (Phi) is 5.43. The molecule has 1 aliphatic rings. The second kappa shape index (κ2) is 7.31. The summed E-state index contributed by atoms with van der Waals surface area (Å²) < 4.78 is 5.15. The van der Waals surface area contributed by atoms with Gasteiger partial charge in [-0.3, -0.25) is 19.7 Å². The number of rotatable bonds is 6. The number of carbonyl (C=O) groups is 1. The lowest BCUT2D eigenvalue weighted by Gasteiger charge is -2.23. The molecule has 1 atom stereocenters. The lowest BCUT2D eigenvalue weighted by molar-refractivity contribution is -0.119. The van der Waals surface area contributed by atoms with E-state index in [1.54, 1.807) is 13.3 Å². The molecule has 6 heteroatoms. The largest absolute Gasteiger partial charge is 0.383 e. The molecule has 0 aliphatic carbocycles. The fourth-order valence-corrected chi connectivity index (χ4v) is 2.52. The zero-order valence-corrected chi connectivity index (χ0v) is 12.1. The van der Waals surface area contributed by atoms with Crippen molar-refractivity contribution in [1.82, 2.24) is 20.2 Å². The SMILES string of the molecule is COCCN1CCCC1c1cncc(CNC(C)=O)n1. The van der Waals surface area contributed by atoms with Gasteiger partial charge in [-0.1, -0.05) is 0 Å². The average molecular weight is 278 g/mol. The third-order valence-corrected chi connectivity index (χ3v) is 3.51. The normalized spacial score (nSPS) is 19.2. The Morgan fingerprint density at radius 2 is 2.40 bits per heavy atom. The number of ether oxygens (including phenoxy) is 1.